The summed E-state index contributed by atoms with van der Waals surface area (Å²) in [5.74, 6) is 0. The van der Waals surface area contributed by atoms with Gasteiger partial charge in [0, 0.05) is 30.1 Å². The van der Waals surface area contributed by atoms with E-state index in [9.17, 15) is 0 Å². The number of thiazole rings is 1. The van der Waals surface area contributed by atoms with Crippen LogP contribution in [0.1, 0.15) is 50.2 Å². The fourth-order valence-electron chi connectivity index (χ4n) is 3.62. The van der Waals surface area contributed by atoms with E-state index in [0.717, 1.165) is 37.6 Å². The molecule has 1 aromatic rings. The lowest BCUT2D eigenvalue weighted by Crippen LogP contribution is -2.47. The molecule has 3 nitrogen and oxygen atoms in total. The molecule has 2 fully saturated rings. The van der Waals surface area contributed by atoms with E-state index in [2.05, 4.69) is 29.4 Å². The normalized spacial score (nSPS) is 30.2. The van der Waals surface area contributed by atoms with Crippen molar-refractivity contribution in [2.45, 2.75) is 70.6 Å². The molecule has 0 amide bonds. The van der Waals surface area contributed by atoms with Crippen molar-refractivity contribution in [1.82, 2.24) is 15.2 Å². The lowest BCUT2D eigenvalue weighted by Gasteiger charge is -2.37. The molecule has 1 N–H and O–H groups in total. The second-order valence-electron chi connectivity index (χ2n) is 5.91. The molecule has 2 saturated heterocycles. The summed E-state index contributed by atoms with van der Waals surface area (Å²) in [6.45, 7) is 6.65. The van der Waals surface area contributed by atoms with E-state index < -0.39 is 0 Å². The van der Waals surface area contributed by atoms with Crippen LogP contribution >= 0.6 is 11.3 Å². The van der Waals surface area contributed by atoms with Gasteiger partial charge in [0.05, 0.1) is 10.7 Å². The molecule has 0 spiro atoms. The maximum atomic E-state index is 4.73. The summed E-state index contributed by atoms with van der Waals surface area (Å²) < 4.78 is 0. The van der Waals surface area contributed by atoms with E-state index in [1.807, 2.05) is 11.3 Å². The SMILES string of the molecule is CCc1nc(CN(CC)C2CC3CCC(C2)N3)cs1. The summed E-state index contributed by atoms with van der Waals surface area (Å²) in [6.07, 6.45) is 6.49. The number of nitrogens with one attached hydrogen (secondary N) is 1. The standard InChI is InChI=1S/C15H25N3S/c1-3-15-17-13(10-19-15)9-18(4-2)14-7-11-5-6-12(8-14)16-11/h10-12,14,16H,3-9H2,1-2H3. The third-order valence-electron chi connectivity index (χ3n) is 4.64. The number of rotatable bonds is 5. The first-order valence-electron chi connectivity index (χ1n) is 7.71. The van der Waals surface area contributed by atoms with Gasteiger partial charge in [-0.25, -0.2) is 4.98 Å². The second kappa shape index (κ2) is 5.90. The van der Waals surface area contributed by atoms with Crippen molar-refractivity contribution < 1.29 is 0 Å². The summed E-state index contributed by atoms with van der Waals surface area (Å²) in [5, 5.41) is 7.26. The quantitative estimate of drug-likeness (QED) is 0.898. The lowest BCUT2D eigenvalue weighted by molar-refractivity contribution is 0.139. The molecule has 3 rings (SSSR count). The van der Waals surface area contributed by atoms with Crippen molar-refractivity contribution in [3.8, 4) is 0 Å². The van der Waals surface area contributed by atoms with Gasteiger partial charge in [0.2, 0.25) is 0 Å². The maximum absolute atomic E-state index is 4.73. The van der Waals surface area contributed by atoms with E-state index in [4.69, 9.17) is 4.98 Å². The van der Waals surface area contributed by atoms with Crippen molar-refractivity contribution in [3.63, 3.8) is 0 Å². The van der Waals surface area contributed by atoms with Crippen LogP contribution < -0.4 is 5.32 Å². The van der Waals surface area contributed by atoms with Crippen LogP contribution in [-0.2, 0) is 13.0 Å². The predicted octanol–water partition coefficient (Wildman–Crippen LogP) is 2.81. The summed E-state index contributed by atoms with van der Waals surface area (Å²) in [4.78, 5) is 7.37. The molecule has 1 aromatic heterocycles. The molecule has 2 bridgehead atoms. The fraction of sp³-hybridized carbons (Fsp3) is 0.800. The number of fused-ring (bicyclic) bond motifs is 2. The van der Waals surface area contributed by atoms with Crippen LogP contribution in [0.25, 0.3) is 0 Å². The Kier molecular flexibility index (Phi) is 4.20. The number of nitrogens with zero attached hydrogens (tertiary/aromatic N) is 2. The van der Waals surface area contributed by atoms with E-state index >= 15 is 0 Å². The summed E-state index contributed by atoms with van der Waals surface area (Å²) in [5.41, 5.74) is 1.27. The van der Waals surface area contributed by atoms with Crippen LogP contribution in [0.5, 0.6) is 0 Å². The average molecular weight is 279 g/mol. The molecule has 4 heteroatoms. The molecule has 0 saturated carbocycles. The Balaban J connectivity index is 1.63. The van der Waals surface area contributed by atoms with Gasteiger partial charge < -0.3 is 5.32 Å². The topological polar surface area (TPSA) is 28.2 Å². The van der Waals surface area contributed by atoms with Gasteiger partial charge in [0.1, 0.15) is 0 Å². The minimum atomic E-state index is 0.760. The highest BCUT2D eigenvalue weighted by molar-refractivity contribution is 7.09. The first kappa shape index (κ1) is 13.5. The summed E-state index contributed by atoms with van der Waals surface area (Å²) in [6, 6.07) is 2.31. The summed E-state index contributed by atoms with van der Waals surface area (Å²) >= 11 is 1.81. The van der Waals surface area contributed by atoms with Crippen molar-refractivity contribution in [2.24, 2.45) is 0 Å². The molecular formula is C15H25N3S. The minimum Gasteiger partial charge on any atom is -0.311 e. The Hall–Kier alpha value is -0.450. The van der Waals surface area contributed by atoms with Crippen molar-refractivity contribution in [2.75, 3.05) is 6.54 Å². The zero-order valence-electron chi connectivity index (χ0n) is 12.1. The van der Waals surface area contributed by atoms with Crippen LogP contribution in [0, 0.1) is 0 Å². The van der Waals surface area contributed by atoms with Gasteiger partial charge in [-0.2, -0.15) is 0 Å². The molecule has 2 atom stereocenters. The van der Waals surface area contributed by atoms with Crippen LogP contribution in [0.4, 0.5) is 0 Å². The first-order valence-corrected chi connectivity index (χ1v) is 8.59. The highest BCUT2D eigenvalue weighted by Crippen LogP contribution is 2.30. The maximum Gasteiger partial charge on any atom is 0.0926 e. The molecule has 106 valence electrons. The van der Waals surface area contributed by atoms with Crippen LogP contribution in [-0.4, -0.2) is 34.6 Å². The second-order valence-corrected chi connectivity index (χ2v) is 6.85. The van der Waals surface area contributed by atoms with Gasteiger partial charge in [0.25, 0.3) is 0 Å². The lowest BCUT2D eigenvalue weighted by atomic mass is 9.98. The first-order chi connectivity index (χ1) is 9.28. The van der Waals surface area contributed by atoms with Gasteiger partial charge in [-0.15, -0.1) is 11.3 Å². The van der Waals surface area contributed by atoms with E-state index in [1.54, 1.807) is 0 Å². The summed E-state index contributed by atoms with van der Waals surface area (Å²) in [7, 11) is 0. The highest BCUT2D eigenvalue weighted by Gasteiger charge is 2.35. The number of hydrogen-bond donors (Lipinski definition) is 1. The Morgan fingerprint density at radius 1 is 1.32 bits per heavy atom. The molecule has 0 aromatic carbocycles. The van der Waals surface area contributed by atoms with Crippen molar-refractivity contribution >= 4 is 11.3 Å². The molecule has 2 aliphatic rings. The third kappa shape index (κ3) is 3.01. The van der Waals surface area contributed by atoms with Crippen LogP contribution in [0.2, 0.25) is 0 Å². The van der Waals surface area contributed by atoms with E-state index in [0.29, 0.717) is 0 Å². The Morgan fingerprint density at radius 3 is 2.63 bits per heavy atom. The van der Waals surface area contributed by atoms with Crippen molar-refractivity contribution in [3.05, 3.63) is 16.1 Å². The van der Waals surface area contributed by atoms with E-state index in [-0.39, 0.29) is 0 Å². The molecule has 19 heavy (non-hydrogen) atoms. The smallest absolute Gasteiger partial charge is 0.0926 e. The molecule has 0 radical (unpaired) electrons. The zero-order chi connectivity index (χ0) is 13.2. The zero-order valence-corrected chi connectivity index (χ0v) is 12.9. The third-order valence-corrected chi connectivity index (χ3v) is 5.68. The molecule has 3 heterocycles. The van der Waals surface area contributed by atoms with Gasteiger partial charge in [0.15, 0.2) is 0 Å². The number of aryl methyl sites for hydroxylation is 1. The number of hydrogen-bond acceptors (Lipinski definition) is 4. The fourth-order valence-corrected chi connectivity index (χ4v) is 4.35. The minimum absolute atomic E-state index is 0.760. The highest BCUT2D eigenvalue weighted by atomic mass is 32.1. The van der Waals surface area contributed by atoms with Gasteiger partial charge in [-0.3, -0.25) is 4.90 Å². The molecule has 0 aliphatic carbocycles. The predicted molar refractivity (Wildman–Crippen MR) is 80.5 cm³/mol. The Bertz CT molecular complexity index is 405. The monoisotopic (exact) mass is 279 g/mol. The van der Waals surface area contributed by atoms with Gasteiger partial charge in [-0.1, -0.05) is 13.8 Å². The number of aromatic nitrogens is 1. The van der Waals surface area contributed by atoms with Gasteiger partial charge >= 0.3 is 0 Å². The number of piperidine rings is 1. The van der Waals surface area contributed by atoms with Crippen LogP contribution in [0.3, 0.4) is 0 Å². The Labute approximate surface area is 120 Å². The Morgan fingerprint density at radius 2 is 2.05 bits per heavy atom. The molecule has 2 unspecified atom stereocenters. The van der Waals surface area contributed by atoms with Gasteiger partial charge in [-0.05, 0) is 38.6 Å². The van der Waals surface area contributed by atoms with Crippen molar-refractivity contribution in [1.29, 1.82) is 0 Å². The molecular weight excluding hydrogens is 254 g/mol. The van der Waals surface area contributed by atoms with Crippen LogP contribution in [0.15, 0.2) is 5.38 Å². The molecule has 2 aliphatic heterocycles. The average Bonchev–Trinajstić information content (AvgIpc) is 3.02. The largest absolute Gasteiger partial charge is 0.311 e. The van der Waals surface area contributed by atoms with E-state index in [1.165, 1.54) is 36.4 Å².